The molecule has 0 saturated carbocycles. The van der Waals surface area contributed by atoms with Gasteiger partial charge in [-0.05, 0) is 54.4 Å². The van der Waals surface area contributed by atoms with Gasteiger partial charge in [0.15, 0.2) is 0 Å². The second-order valence-electron chi connectivity index (χ2n) is 6.64. The van der Waals surface area contributed by atoms with E-state index >= 15 is 0 Å². The quantitative estimate of drug-likeness (QED) is 0.378. The van der Waals surface area contributed by atoms with Crippen molar-refractivity contribution in [2.24, 2.45) is 0 Å². The van der Waals surface area contributed by atoms with Crippen LogP contribution in [0.4, 0.5) is 0 Å². The molecule has 0 radical (unpaired) electrons. The maximum absolute atomic E-state index is 4.67. The molecule has 0 bridgehead atoms. The molecule has 0 amide bonds. The van der Waals surface area contributed by atoms with E-state index in [1.54, 1.807) is 0 Å². The number of benzene rings is 3. The molecular formula is C24H18N2. The molecular weight excluding hydrogens is 316 g/mol. The van der Waals surface area contributed by atoms with Gasteiger partial charge < -0.3 is 0 Å². The summed E-state index contributed by atoms with van der Waals surface area (Å²) >= 11 is 0. The molecule has 0 atom stereocenters. The second kappa shape index (κ2) is 5.85. The van der Waals surface area contributed by atoms with E-state index < -0.39 is 0 Å². The van der Waals surface area contributed by atoms with E-state index in [1.165, 1.54) is 33.0 Å². The maximum atomic E-state index is 4.67. The van der Waals surface area contributed by atoms with E-state index in [1.807, 2.05) is 18.3 Å². The molecule has 0 aliphatic carbocycles. The molecule has 124 valence electrons. The summed E-state index contributed by atoms with van der Waals surface area (Å²) in [6, 6.07) is 30.0. The van der Waals surface area contributed by atoms with E-state index in [-0.39, 0.29) is 0 Å². The van der Waals surface area contributed by atoms with Crippen LogP contribution >= 0.6 is 0 Å². The van der Waals surface area contributed by atoms with Gasteiger partial charge in [0.2, 0.25) is 0 Å². The van der Waals surface area contributed by atoms with Gasteiger partial charge in [-0.3, -0.25) is 4.57 Å². The van der Waals surface area contributed by atoms with E-state index in [9.17, 15) is 0 Å². The lowest BCUT2D eigenvalue weighted by Gasteiger charge is -2.07. The fourth-order valence-corrected chi connectivity index (χ4v) is 3.61. The molecule has 2 heterocycles. The Labute approximate surface area is 152 Å². The standard InChI is InChI=1S/C24H18N2/c1-17-9-11-18(12-10-17)19-13-14-23-22(16-19)21-8-5-15-25-24(21)26(23)20-6-3-2-4-7-20/h2-16H,1H3. The molecule has 0 aliphatic rings. The first kappa shape index (κ1) is 14.9. The molecule has 3 aromatic carbocycles. The van der Waals surface area contributed by atoms with Crippen LogP contribution in [0.1, 0.15) is 5.56 Å². The van der Waals surface area contributed by atoms with Crippen LogP contribution in [0.3, 0.4) is 0 Å². The highest BCUT2D eigenvalue weighted by Gasteiger charge is 2.13. The van der Waals surface area contributed by atoms with Gasteiger partial charge in [0.25, 0.3) is 0 Å². The zero-order chi connectivity index (χ0) is 17.5. The van der Waals surface area contributed by atoms with Crippen LogP contribution in [-0.2, 0) is 0 Å². The number of hydrogen-bond acceptors (Lipinski definition) is 1. The van der Waals surface area contributed by atoms with Crippen molar-refractivity contribution in [3.63, 3.8) is 0 Å². The van der Waals surface area contributed by atoms with Crippen molar-refractivity contribution in [2.45, 2.75) is 6.92 Å². The van der Waals surface area contributed by atoms with Gasteiger partial charge in [0.05, 0.1) is 5.52 Å². The Kier molecular flexibility index (Phi) is 3.36. The number of aromatic nitrogens is 2. The predicted molar refractivity (Wildman–Crippen MR) is 109 cm³/mol. The van der Waals surface area contributed by atoms with Gasteiger partial charge in [-0.15, -0.1) is 0 Å². The highest BCUT2D eigenvalue weighted by atomic mass is 15.0. The van der Waals surface area contributed by atoms with E-state index in [4.69, 9.17) is 0 Å². The average molecular weight is 334 g/mol. The highest BCUT2D eigenvalue weighted by molar-refractivity contribution is 6.09. The van der Waals surface area contributed by atoms with Crippen LogP contribution in [0.5, 0.6) is 0 Å². The maximum Gasteiger partial charge on any atom is 0.145 e. The molecule has 0 spiro atoms. The Hall–Kier alpha value is -3.39. The Balaban J connectivity index is 1.82. The van der Waals surface area contributed by atoms with Crippen LogP contribution in [0.25, 0.3) is 38.8 Å². The van der Waals surface area contributed by atoms with Crippen molar-refractivity contribution in [3.05, 3.63) is 96.7 Å². The number of rotatable bonds is 2. The van der Waals surface area contributed by atoms with Crippen molar-refractivity contribution >= 4 is 21.9 Å². The number of fused-ring (bicyclic) bond motifs is 3. The van der Waals surface area contributed by atoms with Crippen LogP contribution in [-0.4, -0.2) is 9.55 Å². The lowest BCUT2D eigenvalue weighted by Crippen LogP contribution is -1.94. The van der Waals surface area contributed by atoms with Gasteiger partial charge in [-0.2, -0.15) is 0 Å². The van der Waals surface area contributed by atoms with Crippen LogP contribution in [0.2, 0.25) is 0 Å². The Morgan fingerprint density at radius 3 is 2.27 bits per heavy atom. The summed E-state index contributed by atoms with van der Waals surface area (Å²) in [6.07, 6.45) is 1.86. The summed E-state index contributed by atoms with van der Waals surface area (Å²) in [5.74, 6) is 0. The second-order valence-corrected chi connectivity index (χ2v) is 6.64. The monoisotopic (exact) mass is 334 g/mol. The average Bonchev–Trinajstić information content (AvgIpc) is 3.03. The summed E-state index contributed by atoms with van der Waals surface area (Å²) in [7, 11) is 0. The van der Waals surface area contributed by atoms with E-state index in [0.29, 0.717) is 0 Å². The zero-order valence-corrected chi connectivity index (χ0v) is 14.6. The van der Waals surface area contributed by atoms with Gasteiger partial charge in [-0.1, -0.05) is 54.1 Å². The van der Waals surface area contributed by atoms with Gasteiger partial charge in [-0.25, -0.2) is 4.98 Å². The Morgan fingerprint density at radius 2 is 1.46 bits per heavy atom. The first-order valence-electron chi connectivity index (χ1n) is 8.83. The third kappa shape index (κ3) is 2.31. The highest BCUT2D eigenvalue weighted by Crippen LogP contribution is 2.33. The Morgan fingerprint density at radius 1 is 0.692 bits per heavy atom. The molecule has 0 saturated heterocycles. The predicted octanol–water partition coefficient (Wildman–Crippen LogP) is 6.15. The minimum atomic E-state index is 0.995. The molecule has 0 unspecified atom stereocenters. The van der Waals surface area contributed by atoms with Crippen molar-refractivity contribution < 1.29 is 0 Å². The first-order chi connectivity index (χ1) is 12.8. The smallest absolute Gasteiger partial charge is 0.145 e. The van der Waals surface area contributed by atoms with Crippen molar-refractivity contribution in [1.82, 2.24) is 9.55 Å². The molecule has 2 nitrogen and oxygen atoms in total. The summed E-state index contributed by atoms with van der Waals surface area (Å²) in [4.78, 5) is 4.67. The third-order valence-electron chi connectivity index (χ3n) is 4.93. The van der Waals surface area contributed by atoms with Crippen molar-refractivity contribution in [2.75, 3.05) is 0 Å². The number of hydrogen-bond donors (Lipinski definition) is 0. The molecule has 2 aromatic heterocycles. The Bertz CT molecular complexity index is 1220. The van der Waals surface area contributed by atoms with Crippen LogP contribution in [0.15, 0.2) is 91.1 Å². The summed E-state index contributed by atoms with van der Waals surface area (Å²) in [5, 5.41) is 2.41. The molecule has 5 aromatic rings. The normalized spacial score (nSPS) is 11.3. The summed E-state index contributed by atoms with van der Waals surface area (Å²) in [5.41, 5.74) is 7.06. The van der Waals surface area contributed by atoms with Crippen molar-refractivity contribution in [1.29, 1.82) is 0 Å². The van der Waals surface area contributed by atoms with Gasteiger partial charge in [0.1, 0.15) is 5.65 Å². The van der Waals surface area contributed by atoms with E-state index in [0.717, 1.165) is 11.3 Å². The van der Waals surface area contributed by atoms with Crippen LogP contribution in [0, 0.1) is 6.92 Å². The van der Waals surface area contributed by atoms with Gasteiger partial charge >= 0.3 is 0 Å². The molecule has 0 aliphatic heterocycles. The lowest BCUT2D eigenvalue weighted by molar-refractivity contribution is 1.14. The molecule has 2 heteroatoms. The van der Waals surface area contributed by atoms with Crippen LogP contribution < -0.4 is 0 Å². The number of para-hydroxylation sites is 1. The largest absolute Gasteiger partial charge is 0.294 e. The lowest BCUT2D eigenvalue weighted by atomic mass is 10.0. The summed E-state index contributed by atoms with van der Waals surface area (Å²) in [6.45, 7) is 2.12. The zero-order valence-electron chi connectivity index (χ0n) is 14.6. The first-order valence-corrected chi connectivity index (χ1v) is 8.83. The van der Waals surface area contributed by atoms with Gasteiger partial charge in [0, 0.05) is 22.7 Å². The van der Waals surface area contributed by atoms with Crippen molar-refractivity contribution in [3.8, 4) is 16.8 Å². The fourth-order valence-electron chi connectivity index (χ4n) is 3.61. The number of nitrogens with zero attached hydrogens (tertiary/aromatic N) is 2. The molecule has 26 heavy (non-hydrogen) atoms. The number of aryl methyl sites for hydroxylation is 1. The number of pyridine rings is 1. The molecule has 5 rings (SSSR count). The minimum Gasteiger partial charge on any atom is -0.294 e. The summed E-state index contributed by atoms with van der Waals surface area (Å²) < 4.78 is 2.24. The molecule has 0 fully saturated rings. The SMILES string of the molecule is Cc1ccc(-c2ccc3c(c2)c2cccnc2n3-c2ccccc2)cc1. The fraction of sp³-hybridized carbons (Fsp3) is 0.0417. The topological polar surface area (TPSA) is 17.8 Å². The third-order valence-corrected chi connectivity index (χ3v) is 4.93. The van der Waals surface area contributed by atoms with E-state index in [2.05, 4.69) is 89.3 Å². The molecule has 0 N–H and O–H groups in total. The minimum absolute atomic E-state index is 0.995.